The Hall–Kier alpha value is -1.76. The molecule has 0 amide bonds. The van der Waals surface area contributed by atoms with E-state index in [4.69, 9.17) is 0 Å². The second-order valence-electron chi connectivity index (χ2n) is 6.60. The third kappa shape index (κ3) is 4.45. The summed E-state index contributed by atoms with van der Waals surface area (Å²) in [6.45, 7) is 1.67. The fourth-order valence-corrected chi connectivity index (χ4v) is 4.46. The molecule has 1 unspecified atom stereocenters. The first-order valence-electron chi connectivity index (χ1n) is 8.73. The average Bonchev–Trinajstić information content (AvgIpc) is 2.62. The fraction of sp³-hybridized carbons (Fsp3) is 0.421. The van der Waals surface area contributed by atoms with E-state index in [0.717, 1.165) is 31.2 Å². The number of benzene rings is 1. The molecule has 1 atom stereocenters. The molecule has 5 nitrogen and oxygen atoms in total. The summed E-state index contributed by atoms with van der Waals surface area (Å²) < 4.78 is 27.9. The van der Waals surface area contributed by atoms with Gasteiger partial charge in [-0.2, -0.15) is 0 Å². The molecular formula is C19H24N2O3S. The molecule has 3 rings (SSSR count). The number of nitrogens with zero attached hydrogens (tertiary/aromatic N) is 1. The van der Waals surface area contributed by atoms with Gasteiger partial charge in [0.1, 0.15) is 0 Å². The van der Waals surface area contributed by atoms with Gasteiger partial charge in [0.25, 0.3) is 0 Å². The van der Waals surface area contributed by atoms with E-state index < -0.39 is 16.1 Å². The maximum Gasteiger partial charge on any atom is 0.240 e. The summed E-state index contributed by atoms with van der Waals surface area (Å²) in [5.74, 6) is 0. The monoisotopic (exact) mass is 360 g/mol. The number of sulfonamides is 1. The smallest absolute Gasteiger partial charge is 0.240 e. The summed E-state index contributed by atoms with van der Waals surface area (Å²) >= 11 is 0. The topological polar surface area (TPSA) is 79.3 Å². The van der Waals surface area contributed by atoms with Crippen LogP contribution in [0.3, 0.4) is 0 Å². The summed E-state index contributed by atoms with van der Waals surface area (Å²) in [5, 5.41) is 9.65. The fourth-order valence-electron chi connectivity index (χ4n) is 3.16. The van der Waals surface area contributed by atoms with Crippen LogP contribution in [0.2, 0.25) is 0 Å². The third-order valence-electron chi connectivity index (χ3n) is 4.59. The molecule has 0 radical (unpaired) electrons. The van der Waals surface area contributed by atoms with Crippen LogP contribution >= 0.6 is 0 Å². The van der Waals surface area contributed by atoms with Crippen molar-refractivity contribution < 1.29 is 13.5 Å². The Bertz CT molecular complexity index is 811. The number of aliphatic hydroxyl groups excluding tert-OH is 1. The maximum atomic E-state index is 12.5. The molecule has 25 heavy (non-hydrogen) atoms. The number of nitrogens with one attached hydrogen (secondary N) is 1. The summed E-state index contributed by atoms with van der Waals surface area (Å²) in [6, 6.07) is 12.2. The van der Waals surface area contributed by atoms with E-state index in [0.29, 0.717) is 11.4 Å². The number of hydrogen-bond donors (Lipinski definition) is 2. The van der Waals surface area contributed by atoms with Gasteiger partial charge >= 0.3 is 0 Å². The largest absolute Gasteiger partial charge is 0.387 e. The number of hydrogen-bond acceptors (Lipinski definition) is 4. The van der Waals surface area contributed by atoms with Crippen molar-refractivity contribution in [3.8, 4) is 11.3 Å². The molecule has 0 saturated heterocycles. The number of aliphatic hydroxyl groups is 1. The zero-order valence-corrected chi connectivity index (χ0v) is 15.2. The molecule has 134 valence electrons. The van der Waals surface area contributed by atoms with Crippen LogP contribution in [-0.2, 0) is 10.0 Å². The lowest BCUT2D eigenvalue weighted by Gasteiger charge is -2.22. The van der Waals surface area contributed by atoms with E-state index in [1.807, 2.05) is 12.1 Å². The minimum Gasteiger partial charge on any atom is -0.387 e. The molecule has 6 heteroatoms. The summed E-state index contributed by atoms with van der Waals surface area (Å²) in [4.78, 5) is 4.68. The Balaban J connectivity index is 1.78. The van der Waals surface area contributed by atoms with Gasteiger partial charge in [0, 0.05) is 11.6 Å². The second kappa shape index (κ2) is 7.64. The van der Waals surface area contributed by atoms with Gasteiger partial charge in [0.2, 0.25) is 10.0 Å². The van der Waals surface area contributed by atoms with E-state index >= 15 is 0 Å². The van der Waals surface area contributed by atoms with Crippen molar-refractivity contribution >= 4 is 10.0 Å². The summed E-state index contributed by atoms with van der Waals surface area (Å²) in [7, 11) is -3.49. The van der Waals surface area contributed by atoms with Crippen molar-refractivity contribution in [1.29, 1.82) is 0 Å². The van der Waals surface area contributed by atoms with Crippen LogP contribution in [0.15, 0.2) is 47.4 Å². The van der Waals surface area contributed by atoms with E-state index in [9.17, 15) is 13.5 Å². The van der Waals surface area contributed by atoms with Crippen molar-refractivity contribution in [2.75, 3.05) is 0 Å². The highest BCUT2D eigenvalue weighted by atomic mass is 32.2. The van der Waals surface area contributed by atoms with Crippen molar-refractivity contribution in [2.24, 2.45) is 0 Å². The van der Waals surface area contributed by atoms with Gasteiger partial charge in [-0.05, 0) is 44.0 Å². The van der Waals surface area contributed by atoms with Crippen LogP contribution in [0.25, 0.3) is 11.3 Å². The van der Waals surface area contributed by atoms with Crippen LogP contribution < -0.4 is 4.72 Å². The number of rotatable bonds is 5. The van der Waals surface area contributed by atoms with Crippen molar-refractivity contribution in [3.05, 3.63) is 48.2 Å². The van der Waals surface area contributed by atoms with Crippen molar-refractivity contribution in [3.63, 3.8) is 0 Å². The minimum atomic E-state index is -3.49. The highest BCUT2D eigenvalue weighted by Gasteiger charge is 2.21. The Morgan fingerprint density at radius 3 is 2.40 bits per heavy atom. The van der Waals surface area contributed by atoms with E-state index in [-0.39, 0.29) is 10.9 Å². The van der Waals surface area contributed by atoms with Crippen LogP contribution in [0.4, 0.5) is 0 Å². The molecule has 1 heterocycles. The third-order valence-corrected chi connectivity index (χ3v) is 6.12. The van der Waals surface area contributed by atoms with E-state index in [2.05, 4.69) is 9.71 Å². The first-order valence-corrected chi connectivity index (χ1v) is 10.2. The Labute approximate surface area is 149 Å². The SMILES string of the molecule is CC(O)c1cccc(-c2ccc(S(=O)(=O)NC3CCCCC3)cc2)n1. The van der Waals surface area contributed by atoms with Gasteiger partial charge < -0.3 is 5.11 Å². The first kappa shape index (κ1) is 18.0. The van der Waals surface area contributed by atoms with E-state index in [1.54, 1.807) is 37.3 Å². The molecule has 1 saturated carbocycles. The Kier molecular flexibility index (Phi) is 5.51. The standard InChI is InChI=1S/C19H24N2O3S/c1-14(22)18-8-5-9-19(20-18)15-10-12-17(13-11-15)25(23,24)21-16-6-3-2-4-7-16/h5,8-14,16,21-22H,2-4,6-7H2,1H3. The molecule has 0 aliphatic heterocycles. The van der Waals surface area contributed by atoms with E-state index in [1.165, 1.54) is 6.42 Å². The Morgan fingerprint density at radius 1 is 1.08 bits per heavy atom. The number of pyridine rings is 1. The predicted octanol–water partition coefficient (Wildman–Crippen LogP) is 3.41. The zero-order chi connectivity index (χ0) is 17.9. The zero-order valence-electron chi connectivity index (χ0n) is 14.4. The molecule has 1 fully saturated rings. The van der Waals surface area contributed by atoms with Crippen molar-refractivity contribution in [1.82, 2.24) is 9.71 Å². The van der Waals surface area contributed by atoms with Gasteiger partial charge in [-0.1, -0.05) is 37.5 Å². The molecule has 0 bridgehead atoms. The lowest BCUT2D eigenvalue weighted by molar-refractivity contribution is 0.194. The normalized spacial score (nSPS) is 17.4. The molecule has 0 spiro atoms. The highest BCUT2D eigenvalue weighted by Crippen LogP contribution is 2.23. The number of aromatic nitrogens is 1. The Morgan fingerprint density at radius 2 is 1.76 bits per heavy atom. The first-order chi connectivity index (χ1) is 12.0. The maximum absolute atomic E-state index is 12.5. The quantitative estimate of drug-likeness (QED) is 0.856. The summed E-state index contributed by atoms with van der Waals surface area (Å²) in [5.41, 5.74) is 2.12. The molecular weight excluding hydrogens is 336 g/mol. The lowest BCUT2D eigenvalue weighted by Crippen LogP contribution is -2.36. The molecule has 1 aromatic heterocycles. The molecule has 2 aromatic rings. The van der Waals surface area contributed by atoms with Crippen LogP contribution in [0.5, 0.6) is 0 Å². The second-order valence-corrected chi connectivity index (χ2v) is 8.32. The minimum absolute atomic E-state index is 0.0443. The highest BCUT2D eigenvalue weighted by molar-refractivity contribution is 7.89. The van der Waals surface area contributed by atoms with Gasteiger partial charge in [-0.15, -0.1) is 0 Å². The molecule has 1 aliphatic rings. The lowest BCUT2D eigenvalue weighted by atomic mass is 9.96. The van der Waals surface area contributed by atoms with Gasteiger partial charge in [0.05, 0.1) is 22.4 Å². The van der Waals surface area contributed by atoms with Gasteiger partial charge in [-0.3, -0.25) is 4.98 Å². The average molecular weight is 360 g/mol. The molecule has 1 aliphatic carbocycles. The van der Waals surface area contributed by atoms with Crippen LogP contribution in [-0.4, -0.2) is 24.6 Å². The van der Waals surface area contributed by atoms with Gasteiger partial charge in [0.15, 0.2) is 0 Å². The van der Waals surface area contributed by atoms with Crippen LogP contribution in [0.1, 0.15) is 50.8 Å². The summed E-state index contributed by atoms with van der Waals surface area (Å²) in [6.07, 6.45) is 4.53. The molecule has 1 aromatic carbocycles. The molecule has 2 N–H and O–H groups in total. The van der Waals surface area contributed by atoms with Crippen LogP contribution in [0, 0.1) is 0 Å². The van der Waals surface area contributed by atoms with Gasteiger partial charge in [-0.25, -0.2) is 13.1 Å². The predicted molar refractivity (Wildman–Crippen MR) is 97.5 cm³/mol. The van der Waals surface area contributed by atoms with Crippen molar-refractivity contribution in [2.45, 2.75) is 56.1 Å².